The fourth-order valence-electron chi connectivity index (χ4n) is 2.94. The molecule has 1 fully saturated rings. The first-order valence-electron chi connectivity index (χ1n) is 7.03. The third-order valence-corrected chi connectivity index (χ3v) is 4.21. The van der Waals surface area contributed by atoms with Crippen molar-refractivity contribution >= 4 is 5.91 Å². The van der Waals surface area contributed by atoms with E-state index in [1.54, 1.807) is 0 Å². The van der Waals surface area contributed by atoms with E-state index in [1.165, 1.54) is 0 Å². The molecular weight excluding hydrogens is 242 g/mol. The number of aromatic nitrogens is 1. The number of nitrogens with one attached hydrogen (secondary N) is 1. The van der Waals surface area contributed by atoms with Crippen molar-refractivity contribution in [3.8, 4) is 0 Å². The Bertz CT molecular complexity index is 475. The summed E-state index contributed by atoms with van der Waals surface area (Å²) in [6.07, 6.45) is 2.31. The van der Waals surface area contributed by atoms with E-state index in [0.717, 1.165) is 56.7 Å². The minimum absolute atomic E-state index is 0.0645. The molecule has 0 aromatic carbocycles. The lowest BCUT2D eigenvalue weighted by Gasteiger charge is -2.32. The minimum Gasteiger partial charge on any atom is -0.387 e. The quantitative estimate of drug-likeness (QED) is 0.787. The van der Waals surface area contributed by atoms with Crippen molar-refractivity contribution < 1.29 is 9.90 Å². The van der Waals surface area contributed by atoms with Gasteiger partial charge in [0.2, 0.25) is 0 Å². The van der Waals surface area contributed by atoms with Gasteiger partial charge in [-0.3, -0.25) is 4.79 Å². The predicted octanol–water partition coefficient (Wildman–Crippen LogP) is 0.772. The van der Waals surface area contributed by atoms with Crippen LogP contribution in [0.5, 0.6) is 0 Å². The maximum absolute atomic E-state index is 12.4. The standard InChI is InChI=1S/C14H21N3O2/c1-16-5-7-17(8-6-16)14(19)11-9-10-3-2-4-12(18)13(10)15-11/h9,12,15,18H,2-8H2,1H3. The average Bonchev–Trinajstić information content (AvgIpc) is 2.84. The Labute approximate surface area is 113 Å². The number of nitrogens with zero attached hydrogens (tertiary/aromatic N) is 2. The number of fused-ring (bicyclic) bond motifs is 1. The van der Waals surface area contributed by atoms with Gasteiger partial charge in [-0.25, -0.2) is 0 Å². The molecule has 1 unspecified atom stereocenters. The normalized spacial score (nSPS) is 24.3. The van der Waals surface area contributed by atoms with Crippen LogP contribution in [0.2, 0.25) is 0 Å². The summed E-state index contributed by atoms with van der Waals surface area (Å²) in [4.78, 5) is 19.7. The number of hydrogen-bond acceptors (Lipinski definition) is 3. The Kier molecular flexibility index (Phi) is 3.33. The molecule has 1 aliphatic heterocycles. The Hall–Kier alpha value is -1.33. The average molecular weight is 263 g/mol. The second-order valence-corrected chi connectivity index (χ2v) is 5.63. The Morgan fingerprint density at radius 2 is 2.11 bits per heavy atom. The Balaban J connectivity index is 1.77. The van der Waals surface area contributed by atoms with Gasteiger partial charge in [-0.05, 0) is 37.9 Å². The second kappa shape index (κ2) is 4.98. The summed E-state index contributed by atoms with van der Waals surface area (Å²) >= 11 is 0. The smallest absolute Gasteiger partial charge is 0.270 e. The van der Waals surface area contributed by atoms with Crippen molar-refractivity contribution in [3.05, 3.63) is 23.0 Å². The molecule has 3 rings (SSSR count). The second-order valence-electron chi connectivity index (χ2n) is 5.63. The molecular formula is C14H21N3O2. The number of aromatic amines is 1. The van der Waals surface area contributed by atoms with Gasteiger partial charge in [-0.15, -0.1) is 0 Å². The first kappa shape index (κ1) is 12.7. The number of rotatable bonds is 1. The zero-order chi connectivity index (χ0) is 13.4. The van der Waals surface area contributed by atoms with Crippen LogP contribution < -0.4 is 0 Å². The van der Waals surface area contributed by atoms with E-state index in [-0.39, 0.29) is 5.91 Å². The van der Waals surface area contributed by atoms with Crippen LogP contribution in [0.1, 0.15) is 40.7 Å². The number of aryl methyl sites for hydroxylation is 1. The molecule has 5 nitrogen and oxygen atoms in total. The van der Waals surface area contributed by atoms with E-state index >= 15 is 0 Å². The number of carbonyl (C=O) groups excluding carboxylic acids is 1. The largest absolute Gasteiger partial charge is 0.387 e. The number of carbonyl (C=O) groups is 1. The SMILES string of the molecule is CN1CCN(C(=O)c2cc3c([nH]2)C(O)CCC3)CC1. The molecule has 1 amide bonds. The van der Waals surface area contributed by atoms with Crippen LogP contribution in [-0.2, 0) is 6.42 Å². The fourth-order valence-corrected chi connectivity index (χ4v) is 2.94. The first-order chi connectivity index (χ1) is 9.15. The molecule has 1 aromatic rings. The zero-order valence-corrected chi connectivity index (χ0v) is 11.4. The van der Waals surface area contributed by atoms with Gasteiger partial charge in [0.15, 0.2) is 0 Å². The highest BCUT2D eigenvalue weighted by Crippen LogP contribution is 2.29. The number of likely N-dealkylation sites (N-methyl/N-ethyl adjacent to an activating group) is 1. The number of hydrogen-bond donors (Lipinski definition) is 2. The van der Waals surface area contributed by atoms with Gasteiger partial charge in [0, 0.05) is 31.9 Å². The molecule has 2 heterocycles. The summed E-state index contributed by atoms with van der Waals surface area (Å²) < 4.78 is 0. The highest BCUT2D eigenvalue weighted by atomic mass is 16.3. The summed E-state index contributed by atoms with van der Waals surface area (Å²) in [5.74, 6) is 0.0645. The van der Waals surface area contributed by atoms with Gasteiger partial charge in [-0.2, -0.15) is 0 Å². The molecule has 2 aliphatic rings. The molecule has 0 saturated carbocycles. The lowest BCUT2D eigenvalue weighted by molar-refractivity contribution is 0.0658. The van der Waals surface area contributed by atoms with E-state index < -0.39 is 6.10 Å². The third kappa shape index (κ3) is 2.40. The van der Waals surface area contributed by atoms with Gasteiger partial charge in [0.1, 0.15) is 5.69 Å². The maximum Gasteiger partial charge on any atom is 0.270 e. The van der Waals surface area contributed by atoms with Gasteiger partial charge < -0.3 is 19.9 Å². The van der Waals surface area contributed by atoms with Crippen LogP contribution in [0, 0.1) is 0 Å². The van der Waals surface area contributed by atoms with Crippen LogP contribution in [0.25, 0.3) is 0 Å². The van der Waals surface area contributed by atoms with Crippen molar-refractivity contribution in [2.75, 3.05) is 33.2 Å². The molecule has 5 heteroatoms. The Morgan fingerprint density at radius 1 is 1.37 bits per heavy atom. The summed E-state index contributed by atoms with van der Waals surface area (Å²) in [7, 11) is 2.07. The molecule has 0 radical (unpaired) electrons. The van der Waals surface area contributed by atoms with Crippen LogP contribution in [0.3, 0.4) is 0 Å². The molecule has 0 spiro atoms. The Morgan fingerprint density at radius 3 is 2.79 bits per heavy atom. The van der Waals surface area contributed by atoms with Crippen molar-refractivity contribution in [2.45, 2.75) is 25.4 Å². The van der Waals surface area contributed by atoms with Gasteiger partial charge in [-0.1, -0.05) is 0 Å². The van der Waals surface area contributed by atoms with Gasteiger partial charge >= 0.3 is 0 Å². The number of H-pyrrole nitrogens is 1. The minimum atomic E-state index is -0.433. The van der Waals surface area contributed by atoms with Crippen LogP contribution >= 0.6 is 0 Å². The van der Waals surface area contributed by atoms with Crippen molar-refractivity contribution in [1.29, 1.82) is 0 Å². The summed E-state index contributed by atoms with van der Waals surface area (Å²) in [5, 5.41) is 9.94. The van der Waals surface area contributed by atoms with E-state index in [1.807, 2.05) is 11.0 Å². The molecule has 1 aliphatic carbocycles. The van der Waals surface area contributed by atoms with Crippen molar-refractivity contribution in [1.82, 2.24) is 14.8 Å². The maximum atomic E-state index is 12.4. The summed E-state index contributed by atoms with van der Waals surface area (Å²) in [6, 6.07) is 1.93. The molecule has 2 N–H and O–H groups in total. The summed E-state index contributed by atoms with van der Waals surface area (Å²) in [6.45, 7) is 3.41. The van der Waals surface area contributed by atoms with E-state index in [0.29, 0.717) is 5.69 Å². The number of piperazine rings is 1. The van der Waals surface area contributed by atoms with Crippen LogP contribution in [-0.4, -0.2) is 59.0 Å². The number of aliphatic hydroxyl groups is 1. The molecule has 19 heavy (non-hydrogen) atoms. The topological polar surface area (TPSA) is 59.6 Å². The fraction of sp³-hybridized carbons (Fsp3) is 0.643. The van der Waals surface area contributed by atoms with Gasteiger partial charge in [0.25, 0.3) is 5.91 Å². The van der Waals surface area contributed by atoms with Crippen LogP contribution in [0.4, 0.5) is 0 Å². The third-order valence-electron chi connectivity index (χ3n) is 4.21. The number of amides is 1. The lowest BCUT2D eigenvalue weighted by Crippen LogP contribution is -2.47. The predicted molar refractivity (Wildman–Crippen MR) is 72.1 cm³/mol. The molecule has 1 aromatic heterocycles. The first-order valence-corrected chi connectivity index (χ1v) is 7.03. The molecule has 1 saturated heterocycles. The van der Waals surface area contributed by atoms with Crippen molar-refractivity contribution in [2.24, 2.45) is 0 Å². The lowest BCUT2D eigenvalue weighted by atomic mass is 9.96. The van der Waals surface area contributed by atoms with Crippen molar-refractivity contribution in [3.63, 3.8) is 0 Å². The van der Waals surface area contributed by atoms with Gasteiger partial charge in [0.05, 0.1) is 6.10 Å². The molecule has 104 valence electrons. The highest BCUT2D eigenvalue weighted by Gasteiger charge is 2.26. The van der Waals surface area contributed by atoms with Crippen LogP contribution in [0.15, 0.2) is 6.07 Å². The molecule has 1 atom stereocenters. The number of aliphatic hydroxyl groups excluding tert-OH is 1. The summed E-state index contributed by atoms with van der Waals surface area (Å²) in [5.41, 5.74) is 2.59. The van der Waals surface area contributed by atoms with E-state index in [9.17, 15) is 9.90 Å². The monoisotopic (exact) mass is 263 g/mol. The zero-order valence-electron chi connectivity index (χ0n) is 11.4. The highest BCUT2D eigenvalue weighted by molar-refractivity contribution is 5.93. The molecule has 0 bridgehead atoms. The van der Waals surface area contributed by atoms with E-state index in [4.69, 9.17) is 0 Å². The van der Waals surface area contributed by atoms with E-state index in [2.05, 4.69) is 16.9 Å².